The second-order valence-corrected chi connectivity index (χ2v) is 6.37. The van der Waals surface area contributed by atoms with Crippen molar-refractivity contribution in [2.75, 3.05) is 0 Å². The van der Waals surface area contributed by atoms with Crippen molar-refractivity contribution in [1.29, 1.82) is 0 Å². The van der Waals surface area contributed by atoms with E-state index in [0.717, 1.165) is 0 Å². The van der Waals surface area contributed by atoms with Crippen molar-refractivity contribution in [1.82, 2.24) is 0 Å². The maximum Gasteiger partial charge on any atom is -0.0179 e. The third-order valence-electron chi connectivity index (χ3n) is 4.27. The molecule has 0 bridgehead atoms. The Balaban J connectivity index is 0.000000172. The summed E-state index contributed by atoms with van der Waals surface area (Å²) in [6, 6.07) is 17.6. The number of aryl methyl sites for hydroxylation is 6. The van der Waals surface area contributed by atoms with E-state index in [1.54, 1.807) is 0 Å². The molecule has 3 aromatic carbocycles. The first-order valence-corrected chi connectivity index (χ1v) is 7.88. The van der Waals surface area contributed by atoms with Crippen molar-refractivity contribution >= 4 is 10.8 Å². The number of fused-ring (bicyclic) bond motifs is 1. The summed E-state index contributed by atoms with van der Waals surface area (Å²) in [6.07, 6.45) is 0. The molecule has 0 heteroatoms. The van der Waals surface area contributed by atoms with Crippen LogP contribution in [0.1, 0.15) is 33.4 Å². The highest BCUT2D eigenvalue weighted by Gasteiger charge is 1.97. The molecule has 0 atom stereocenters. The molecule has 22 heavy (non-hydrogen) atoms. The molecule has 0 aliphatic rings. The predicted molar refractivity (Wildman–Crippen MR) is 98.8 cm³/mol. The number of benzene rings is 3. The van der Waals surface area contributed by atoms with Crippen molar-refractivity contribution in [2.24, 2.45) is 0 Å². The van der Waals surface area contributed by atoms with E-state index in [1.807, 2.05) is 0 Å². The Hall–Kier alpha value is -2.08. The van der Waals surface area contributed by atoms with Gasteiger partial charge >= 0.3 is 0 Å². The van der Waals surface area contributed by atoms with Crippen LogP contribution in [0.5, 0.6) is 0 Å². The van der Waals surface area contributed by atoms with Gasteiger partial charge in [-0.3, -0.25) is 0 Å². The van der Waals surface area contributed by atoms with Gasteiger partial charge in [0.05, 0.1) is 0 Å². The van der Waals surface area contributed by atoms with Crippen molar-refractivity contribution in [3.63, 3.8) is 0 Å². The lowest BCUT2D eigenvalue weighted by atomic mass is 10.0. The Morgan fingerprint density at radius 1 is 0.409 bits per heavy atom. The topological polar surface area (TPSA) is 0 Å². The molecular weight excluding hydrogens is 264 g/mol. The molecule has 0 aromatic heterocycles. The van der Waals surface area contributed by atoms with Crippen LogP contribution >= 0.6 is 0 Å². The molecule has 3 rings (SSSR count). The van der Waals surface area contributed by atoms with Gasteiger partial charge in [-0.1, -0.05) is 59.7 Å². The number of rotatable bonds is 0. The first kappa shape index (κ1) is 16.3. The smallest absolute Gasteiger partial charge is 0.0179 e. The predicted octanol–water partition coefficient (Wildman–Crippen LogP) is 6.38. The Kier molecular flexibility index (Phi) is 5.03. The summed E-state index contributed by atoms with van der Waals surface area (Å²) in [7, 11) is 0. The Morgan fingerprint density at radius 2 is 0.909 bits per heavy atom. The molecular formula is C22H26. The van der Waals surface area contributed by atoms with Gasteiger partial charge in [0.15, 0.2) is 0 Å². The van der Waals surface area contributed by atoms with Gasteiger partial charge in [-0.25, -0.2) is 0 Å². The van der Waals surface area contributed by atoms with E-state index >= 15 is 0 Å². The zero-order chi connectivity index (χ0) is 16.3. The minimum Gasteiger partial charge on any atom is -0.0590 e. The van der Waals surface area contributed by atoms with E-state index in [0.29, 0.717) is 0 Å². The molecule has 0 aliphatic heterocycles. The molecule has 0 amide bonds. The summed E-state index contributed by atoms with van der Waals surface area (Å²) >= 11 is 0. The summed E-state index contributed by atoms with van der Waals surface area (Å²) < 4.78 is 0. The minimum atomic E-state index is 1.33. The fourth-order valence-corrected chi connectivity index (χ4v) is 2.54. The normalized spacial score (nSPS) is 10.3. The van der Waals surface area contributed by atoms with Crippen LogP contribution in [0.25, 0.3) is 10.8 Å². The van der Waals surface area contributed by atoms with Crippen molar-refractivity contribution in [3.8, 4) is 0 Å². The van der Waals surface area contributed by atoms with E-state index in [4.69, 9.17) is 0 Å². The summed E-state index contributed by atoms with van der Waals surface area (Å²) in [5.74, 6) is 0. The molecule has 0 saturated heterocycles. The van der Waals surface area contributed by atoms with Gasteiger partial charge in [-0.15, -0.1) is 0 Å². The standard InChI is InChI=1S/C13H14.C9H12/c1-9-4-5-12-7-10(2)11(3)8-13(12)6-9;1-7-4-5-8(2)9(3)6-7/h4-8H,1-3H3;4-6H,1-3H3. The third kappa shape index (κ3) is 3.98. The number of hydrogen-bond acceptors (Lipinski definition) is 0. The van der Waals surface area contributed by atoms with Crippen molar-refractivity contribution in [2.45, 2.75) is 41.5 Å². The largest absolute Gasteiger partial charge is 0.0590 e. The maximum atomic E-state index is 2.26. The molecule has 0 N–H and O–H groups in total. The second kappa shape index (κ2) is 6.79. The summed E-state index contributed by atoms with van der Waals surface area (Å²) in [5.41, 5.74) is 8.18. The quantitative estimate of drug-likeness (QED) is 0.451. The first-order chi connectivity index (χ1) is 10.4. The van der Waals surface area contributed by atoms with Crippen LogP contribution in [0.2, 0.25) is 0 Å². The minimum absolute atomic E-state index is 1.33. The summed E-state index contributed by atoms with van der Waals surface area (Å²) in [6.45, 7) is 12.9. The SMILES string of the molecule is Cc1ccc(C)c(C)c1.Cc1ccc2cc(C)c(C)cc2c1. The lowest BCUT2D eigenvalue weighted by molar-refractivity contribution is 1.30. The van der Waals surface area contributed by atoms with Crippen LogP contribution in [0.4, 0.5) is 0 Å². The average molecular weight is 290 g/mol. The van der Waals surface area contributed by atoms with E-state index in [-0.39, 0.29) is 0 Å². The van der Waals surface area contributed by atoms with Gasteiger partial charge < -0.3 is 0 Å². The van der Waals surface area contributed by atoms with E-state index in [9.17, 15) is 0 Å². The van der Waals surface area contributed by atoms with Gasteiger partial charge in [-0.2, -0.15) is 0 Å². The lowest BCUT2D eigenvalue weighted by Gasteiger charge is -2.04. The molecule has 0 nitrogen and oxygen atoms in total. The molecule has 0 fully saturated rings. The average Bonchev–Trinajstić information content (AvgIpc) is 2.46. The van der Waals surface area contributed by atoms with Gasteiger partial charge in [0.1, 0.15) is 0 Å². The summed E-state index contributed by atoms with van der Waals surface area (Å²) in [5, 5.41) is 2.69. The van der Waals surface area contributed by atoms with Crippen LogP contribution in [0.15, 0.2) is 48.5 Å². The van der Waals surface area contributed by atoms with Crippen LogP contribution < -0.4 is 0 Å². The van der Waals surface area contributed by atoms with Gasteiger partial charge in [0, 0.05) is 0 Å². The van der Waals surface area contributed by atoms with Crippen LogP contribution in [-0.2, 0) is 0 Å². The fraction of sp³-hybridized carbons (Fsp3) is 0.273. The van der Waals surface area contributed by atoms with E-state index in [2.05, 4.69) is 90.1 Å². The van der Waals surface area contributed by atoms with E-state index < -0.39 is 0 Å². The molecule has 114 valence electrons. The van der Waals surface area contributed by atoms with Crippen molar-refractivity contribution in [3.05, 3.63) is 81.9 Å². The summed E-state index contributed by atoms with van der Waals surface area (Å²) in [4.78, 5) is 0. The van der Waals surface area contributed by atoms with Crippen LogP contribution in [0, 0.1) is 41.5 Å². The highest BCUT2D eigenvalue weighted by molar-refractivity contribution is 5.84. The molecule has 0 unspecified atom stereocenters. The molecule has 0 radical (unpaired) electrons. The zero-order valence-corrected chi connectivity index (χ0v) is 14.6. The monoisotopic (exact) mass is 290 g/mol. The van der Waals surface area contributed by atoms with E-state index in [1.165, 1.54) is 44.2 Å². The fourth-order valence-electron chi connectivity index (χ4n) is 2.54. The van der Waals surface area contributed by atoms with Gasteiger partial charge in [0.2, 0.25) is 0 Å². The third-order valence-corrected chi connectivity index (χ3v) is 4.27. The molecule has 0 aliphatic carbocycles. The molecule has 0 heterocycles. The second-order valence-electron chi connectivity index (χ2n) is 6.37. The highest BCUT2D eigenvalue weighted by atomic mass is 14.0. The Labute approximate surface area is 134 Å². The van der Waals surface area contributed by atoms with Crippen LogP contribution in [-0.4, -0.2) is 0 Å². The lowest BCUT2D eigenvalue weighted by Crippen LogP contribution is -1.82. The van der Waals surface area contributed by atoms with Crippen molar-refractivity contribution < 1.29 is 0 Å². The molecule has 0 spiro atoms. The Morgan fingerprint density at radius 3 is 1.50 bits per heavy atom. The molecule has 3 aromatic rings. The van der Waals surface area contributed by atoms with Crippen LogP contribution in [0.3, 0.4) is 0 Å². The number of hydrogen-bond donors (Lipinski definition) is 0. The van der Waals surface area contributed by atoms with Gasteiger partial charge in [-0.05, 0) is 74.6 Å². The Bertz CT molecular complexity index is 794. The zero-order valence-electron chi connectivity index (χ0n) is 14.6. The van der Waals surface area contributed by atoms with Gasteiger partial charge in [0.25, 0.3) is 0 Å². The maximum absolute atomic E-state index is 2.26. The highest BCUT2D eigenvalue weighted by Crippen LogP contribution is 2.20. The first-order valence-electron chi connectivity index (χ1n) is 7.88. The molecule has 0 saturated carbocycles.